The average Bonchev–Trinajstić information content (AvgIpc) is 2.58. The van der Waals surface area contributed by atoms with Crippen molar-refractivity contribution < 1.29 is 9.18 Å². The molecule has 8 heteroatoms. The first-order valence-electron chi connectivity index (χ1n) is 7.76. The van der Waals surface area contributed by atoms with Gasteiger partial charge < -0.3 is 11.1 Å². The monoisotopic (exact) mass is 348 g/mol. The van der Waals surface area contributed by atoms with Gasteiger partial charge in [0.05, 0.1) is 6.04 Å². The van der Waals surface area contributed by atoms with Gasteiger partial charge in [-0.2, -0.15) is 0 Å². The van der Waals surface area contributed by atoms with Gasteiger partial charge in [-0.05, 0) is 31.5 Å². The summed E-state index contributed by atoms with van der Waals surface area (Å²) in [6.45, 7) is 3.36. The molecule has 1 aromatic heterocycles. The van der Waals surface area contributed by atoms with E-state index >= 15 is 0 Å². The van der Waals surface area contributed by atoms with Gasteiger partial charge in [-0.25, -0.2) is 9.18 Å². The lowest BCUT2D eigenvalue weighted by Crippen LogP contribution is -2.45. The number of nitrogens with two attached hydrogens (primary N) is 1. The summed E-state index contributed by atoms with van der Waals surface area (Å²) in [4.78, 5) is 36.8. The summed E-state index contributed by atoms with van der Waals surface area (Å²) in [7, 11) is 2.68. The summed E-state index contributed by atoms with van der Waals surface area (Å²) in [6.07, 6.45) is 0. The zero-order valence-corrected chi connectivity index (χ0v) is 14.5. The largest absolute Gasteiger partial charge is 0.384 e. The fourth-order valence-electron chi connectivity index (χ4n) is 2.63. The molecule has 2 aromatic rings. The van der Waals surface area contributed by atoms with Crippen LogP contribution in [0.3, 0.4) is 0 Å². The Morgan fingerprint density at radius 2 is 1.84 bits per heavy atom. The molecule has 0 aliphatic carbocycles. The van der Waals surface area contributed by atoms with Crippen LogP contribution in [0.1, 0.15) is 35.8 Å². The summed E-state index contributed by atoms with van der Waals surface area (Å²) < 4.78 is 15.2. The van der Waals surface area contributed by atoms with Crippen molar-refractivity contribution in [2.75, 3.05) is 5.73 Å². The molecule has 0 unspecified atom stereocenters. The zero-order chi connectivity index (χ0) is 18.9. The highest BCUT2D eigenvalue weighted by Crippen LogP contribution is 2.15. The number of carbonyl (C=O) groups is 1. The molecule has 2 atom stereocenters. The van der Waals surface area contributed by atoms with Crippen LogP contribution >= 0.6 is 0 Å². The number of aromatic nitrogens is 2. The molecule has 3 N–H and O–H groups in total. The van der Waals surface area contributed by atoms with Gasteiger partial charge in [0, 0.05) is 20.1 Å². The van der Waals surface area contributed by atoms with Crippen molar-refractivity contribution >= 4 is 11.6 Å². The standard InChI is InChI=1S/C17H21FN4O3/c1-9(11-6-5-7-12(18)8-11)20-10(2)14(23)13-15(19)21(3)17(25)22(4)16(13)24/h5-10,20H,19H2,1-4H3/t9-,10+/m1/s1. The third-order valence-electron chi connectivity index (χ3n) is 4.20. The Labute approximate surface area is 143 Å². The SMILES string of the molecule is C[C@H](N[C@H](C)c1cccc(F)c1)C(=O)c1c(N)n(C)c(=O)n(C)c1=O. The smallest absolute Gasteiger partial charge is 0.332 e. The van der Waals surface area contributed by atoms with E-state index < -0.39 is 23.1 Å². The predicted octanol–water partition coefficient (Wildman–Crippen LogP) is 0.727. The molecular formula is C17H21FN4O3. The van der Waals surface area contributed by atoms with Crippen LogP contribution in [0.15, 0.2) is 33.9 Å². The molecule has 0 amide bonds. The lowest BCUT2D eigenvalue weighted by molar-refractivity contribution is 0.0943. The molecule has 25 heavy (non-hydrogen) atoms. The highest BCUT2D eigenvalue weighted by Gasteiger charge is 2.25. The number of nitrogens with one attached hydrogen (secondary N) is 1. The predicted molar refractivity (Wildman–Crippen MR) is 93.1 cm³/mol. The van der Waals surface area contributed by atoms with Crippen molar-refractivity contribution in [3.63, 3.8) is 0 Å². The molecule has 0 spiro atoms. The zero-order valence-electron chi connectivity index (χ0n) is 14.5. The summed E-state index contributed by atoms with van der Waals surface area (Å²) >= 11 is 0. The number of nitrogens with zero attached hydrogens (tertiary/aromatic N) is 2. The Morgan fingerprint density at radius 3 is 2.44 bits per heavy atom. The van der Waals surface area contributed by atoms with E-state index in [9.17, 15) is 18.8 Å². The third kappa shape index (κ3) is 3.53. The molecular weight excluding hydrogens is 327 g/mol. The van der Waals surface area contributed by atoms with Crippen molar-refractivity contribution in [1.29, 1.82) is 0 Å². The van der Waals surface area contributed by atoms with Crippen LogP contribution in [0.4, 0.5) is 10.2 Å². The van der Waals surface area contributed by atoms with Crippen LogP contribution in [0, 0.1) is 5.82 Å². The molecule has 0 bridgehead atoms. The maximum atomic E-state index is 13.3. The van der Waals surface area contributed by atoms with Gasteiger partial charge in [-0.3, -0.25) is 18.7 Å². The number of benzene rings is 1. The Balaban J connectivity index is 2.32. The summed E-state index contributed by atoms with van der Waals surface area (Å²) in [5.41, 5.74) is 4.89. The Kier molecular flexibility index (Phi) is 5.22. The van der Waals surface area contributed by atoms with Gasteiger partial charge in [0.2, 0.25) is 0 Å². The van der Waals surface area contributed by atoms with Crippen LogP contribution in [0.25, 0.3) is 0 Å². The number of hydrogen-bond acceptors (Lipinski definition) is 5. The normalized spacial score (nSPS) is 13.5. The number of Topliss-reactive ketones (excluding diaryl/α,β-unsaturated/α-hetero) is 1. The van der Waals surface area contributed by atoms with E-state index in [1.165, 1.54) is 26.2 Å². The highest BCUT2D eigenvalue weighted by atomic mass is 19.1. The molecule has 0 saturated heterocycles. The van der Waals surface area contributed by atoms with Gasteiger partial charge in [-0.1, -0.05) is 12.1 Å². The lowest BCUT2D eigenvalue weighted by Gasteiger charge is -2.20. The van der Waals surface area contributed by atoms with Crippen LogP contribution in [-0.4, -0.2) is 21.0 Å². The number of nitrogen functional groups attached to an aromatic ring is 1. The molecule has 0 saturated carbocycles. The second-order valence-corrected chi connectivity index (χ2v) is 6.00. The molecule has 0 fully saturated rings. The van der Waals surface area contributed by atoms with Crippen molar-refractivity contribution in [1.82, 2.24) is 14.5 Å². The van der Waals surface area contributed by atoms with E-state index in [0.29, 0.717) is 5.56 Å². The van der Waals surface area contributed by atoms with Gasteiger partial charge in [0.15, 0.2) is 5.78 Å². The first-order valence-corrected chi connectivity index (χ1v) is 7.76. The summed E-state index contributed by atoms with van der Waals surface area (Å²) in [6, 6.07) is 4.93. The Morgan fingerprint density at radius 1 is 1.20 bits per heavy atom. The first-order chi connectivity index (χ1) is 11.6. The molecule has 134 valence electrons. The lowest BCUT2D eigenvalue weighted by atomic mass is 10.0. The quantitative estimate of drug-likeness (QED) is 0.776. The summed E-state index contributed by atoms with van der Waals surface area (Å²) in [5.74, 6) is -1.08. The van der Waals surface area contributed by atoms with Crippen molar-refractivity contribution in [2.24, 2.45) is 14.1 Å². The molecule has 7 nitrogen and oxygen atoms in total. The van der Waals surface area contributed by atoms with Crippen LogP contribution < -0.4 is 22.3 Å². The molecule has 1 heterocycles. The average molecular weight is 348 g/mol. The minimum absolute atomic E-state index is 0.176. The number of carbonyl (C=O) groups excluding carboxylic acids is 1. The van der Waals surface area contributed by atoms with Crippen LogP contribution in [-0.2, 0) is 14.1 Å². The van der Waals surface area contributed by atoms with Gasteiger partial charge in [0.1, 0.15) is 17.2 Å². The van der Waals surface area contributed by atoms with E-state index in [-0.39, 0.29) is 23.2 Å². The third-order valence-corrected chi connectivity index (χ3v) is 4.20. The Bertz CT molecular complexity index is 932. The van der Waals surface area contributed by atoms with Crippen molar-refractivity contribution in [3.8, 4) is 0 Å². The topological polar surface area (TPSA) is 99.1 Å². The maximum absolute atomic E-state index is 13.3. The maximum Gasteiger partial charge on any atom is 0.332 e. The summed E-state index contributed by atoms with van der Waals surface area (Å²) in [5, 5.41) is 3.02. The minimum Gasteiger partial charge on any atom is -0.384 e. The second-order valence-electron chi connectivity index (χ2n) is 6.00. The van der Waals surface area contributed by atoms with Gasteiger partial charge in [0.25, 0.3) is 5.56 Å². The highest BCUT2D eigenvalue weighted by molar-refractivity contribution is 6.03. The number of rotatable bonds is 5. The molecule has 2 rings (SSSR count). The minimum atomic E-state index is -0.759. The fraction of sp³-hybridized carbons (Fsp3) is 0.353. The fourth-order valence-corrected chi connectivity index (χ4v) is 2.63. The van der Waals surface area contributed by atoms with Crippen molar-refractivity contribution in [3.05, 3.63) is 62.0 Å². The van der Waals surface area contributed by atoms with E-state index in [1.807, 2.05) is 0 Å². The molecule has 0 radical (unpaired) electrons. The molecule has 1 aromatic carbocycles. The number of halogens is 1. The molecule has 0 aliphatic rings. The van der Waals surface area contributed by atoms with Crippen LogP contribution in [0.5, 0.6) is 0 Å². The number of anilines is 1. The van der Waals surface area contributed by atoms with Crippen LogP contribution in [0.2, 0.25) is 0 Å². The van der Waals surface area contributed by atoms with E-state index in [0.717, 1.165) is 9.13 Å². The number of hydrogen-bond donors (Lipinski definition) is 2. The van der Waals surface area contributed by atoms with E-state index in [2.05, 4.69) is 5.32 Å². The van der Waals surface area contributed by atoms with Gasteiger partial charge >= 0.3 is 5.69 Å². The van der Waals surface area contributed by atoms with Crippen molar-refractivity contribution in [2.45, 2.75) is 25.9 Å². The number of ketones is 1. The van der Waals surface area contributed by atoms with E-state index in [4.69, 9.17) is 5.73 Å². The van der Waals surface area contributed by atoms with Gasteiger partial charge in [-0.15, -0.1) is 0 Å². The van der Waals surface area contributed by atoms with E-state index in [1.54, 1.807) is 26.0 Å². The Hall–Kier alpha value is -2.74. The molecule has 0 aliphatic heterocycles. The second kappa shape index (κ2) is 7.02. The first kappa shape index (κ1) is 18.6.